The summed E-state index contributed by atoms with van der Waals surface area (Å²) in [6, 6.07) is -0.753. The first-order chi connectivity index (χ1) is 10.6. The third-order valence-corrected chi connectivity index (χ3v) is 3.23. The molecule has 1 fully saturated rings. The highest BCUT2D eigenvalue weighted by molar-refractivity contribution is 5.82. The molecule has 2 rings (SSSR count). The van der Waals surface area contributed by atoms with Gasteiger partial charge in [-0.05, 0) is 0 Å². The van der Waals surface area contributed by atoms with E-state index in [1.807, 2.05) is 4.98 Å². The van der Waals surface area contributed by atoms with Gasteiger partial charge in [0.1, 0.15) is 18.2 Å². The topological polar surface area (TPSA) is 134 Å². The van der Waals surface area contributed by atoms with E-state index < -0.39 is 54.4 Å². The second-order valence-electron chi connectivity index (χ2n) is 4.75. The minimum absolute atomic E-state index is 0.696. The van der Waals surface area contributed by atoms with Crippen LogP contribution >= 0.6 is 0 Å². The van der Waals surface area contributed by atoms with Crippen LogP contribution in [0.5, 0.6) is 0 Å². The first-order valence-corrected chi connectivity index (χ1v) is 6.28. The Balaban J connectivity index is 2.37. The number of hydrogen-bond donors (Lipinski definition) is 4. The van der Waals surface area contributed by atoms with Gasteiger partial charge in [-0.2, -0.15) is 13.2 Å². The normalized spacial score (nSPS) is 27.9. The number of aromatic amines is 1. The van der Waals surface area contributed by atoms with Gasteiger partial charge in [0.25, 0.3) is 5.56 Å². The van der Waals surface area contributed by atoms with E-state index in [1.54, 1.807) is 0 Å². The number of carbonyl (C=O) groups is 1. The molecule has 2 heterocycles. The number of amides is 1. The molecule has 0 aliphatic carbocycles. The predicted molar refractivity (Wildman–Crippen MR) is 66.3 cm³/mol. The van der Waals surface area contributed by atoms with Gasteiger partial charge in [0.2, 0.25) is 0 Å². The molecular formula is C11H12F3N3O6. The molecule has 1 aromatic heterocycles. The van der Waals surface area contributed by atoms with Gasteiger partial charge < -0.3 is 20.3 Å². The third kappa shape index (κ3) is 3.43. The fraction of sp³-hybridized carbons (Fsp3) is 0.545. The van der Waals surface area contributed by atoms with Crippen molar-refractivity contribution in [3.63, 3.8) is 0 Å². The second-order valence-corrected chi connectivity index (χ2v) is 4.75. The van der Waals surface area contributed by atoms with E-state index in [1.165, 1.54) is 5.32 Å². The molecular weight excluding hydrogens is 327 g/mol. The summed E-state index contributed by atoms with van der Waals surface area (Å²) in [5.41, 5.74) is -1.76. The lowest BCUT2D eigenvalue weighted by molar-refractivity contribution is -0.175. The molecule has 128 valence electrons. The molecule has 1 amide bonds. The van der Waals surface area contributed by atoms with E-state index in [-0.39, 0.29) is 0 Å². The summed E-state index contributed by atoms with van der Waals surface area (Å²) in [5.74, 6) is -2.34. The molecule has 1 aromatic rings. The number of nitrogens with one attached hydrogen (secondary N) is 2. The number of hydrogen-bond acceptors (Lipinski definition) is 6. The number of nitrogens with zero attached hydrogens (tertiary/aromatic N) is 1. The minimum Gasteiger partial charge on any atom is -0.394 e. The Bertz CT molecular complexity index is 699. The first-order valence-electron chi connectivity index (χ1n) is 6.28. The van der Waals surface area contributed by atoms with Crippen molar-refractivity contribution in [2.24, 2.45) is 0 Å². The Morgan fingerprint density at radius 1 is 1.43 bits per heavy atom. The van der Waals surface area contributed by atoms with Gasteiger partial charge in [0, 0.05) is 12.3 Å². The molecule has 1 saturated heterocycles. The molecule has 4 N–H and O–H groups in total. The van der Waals surface area contributed by atoms with Crippen molar-refractivity contribution in [2.45, 2.75) is 30.7 Å². The predicted octanol–water partition coefficient (Wildman–Crippen LogP) is -2.17. The van der Waals surface area contributed by atoms with Crippen molar-refractivity contribution in [3.8, 4) is 0 Å². The summed E-state index contributed by atoms with van der Waals surface area (Å²) in [4.78, 5) is 35.6. The van der Waals surface area contributed by atoms with Crippen LogP contribution in [0.4, 0.5) is 13.2 Å². The highest BCUT2D eigenvalue weighted by atomic mass is 19.4. The van der Waals surface area contributed by atoms with Crippen molar-refractivity contribution >= 4 is 5.91 Å². The van der Waals surface area contributed by atoms with Gasteiger partial charge >= 0.3 is 17.8 Å². The summed E-state index contributed by atoms with van der Waals surface area (Å²) >= 11 is 0. The average molecular weight is 339 g/mol. The average Bonchev–Trinajstić information content (AvgIpc) is 2.75. The molecule has 0 aromatic carbocycles. The highest BCUT2D eigenvalue weighted by Crippen LogP contribution is 2.29. The zero-order valence-electron chi connectivity index (χ0n) is 11.3. The maximum Gasteiger partial charge on any atom is 0.471 e. The van der Waals surface area contributed by atoms with Crippen LogP contribution < -0.4 is 16.6 Å². The lowest BCUT2D eigenvalue weighted by Crippen LogP contribution is -2.52. The van der Waals surface area contributed by atoms with E-state index in [2.05, 4.69) is 0 Å². The number of aliphatic hydroxyl groups excluding tert-OH is 2. The maximum absolute atomic E-state index is 12.4. The Hall–Kier alpha value is -2.18. The Morgan fingerprint density at radius 2 is 2.09 bits per heavy atom. The summed E-state index contributed by atoms with van der Waals surface area (Å²) < 4.78 is 42.9. The number of halogens is 3. The van der Waals surface area contributed by atoms with Crippen LogP contribution in [0.15, 0.2) is 21.9 Å². The first kappa shape index (κ1) is 17.2. The van der Waals surface area contributed by atoms with Crippen LogP contribution in [-0.2, 0) is 9.53 Å². The monoisotopic (exact) mass is 339 g/mol. The van der Waals surface area contributed by atoms with Gasteiger partial charge in [-0.15, -0.1) is 0 Å². The number of aromatic nitrogens is 2. The number of ether oxygens (including phenoxy) is 1. The summed E-state index contributed by atoms with van der Waals surface area (Å²) in [6.45, 7) is -0.756. The molecule has 23 heavy (non-hydrogen) atoms. The van der Waals surface area contributed by atoms with Crippen molar-refractivity contribution in [2.75, 3.05) is 6.61 Å². The van der Waals surface area contributed by atoms with Gasteiger partial charge in [-0.1, -0.05) is 0 Å². The summed E-state index contributed by atoms with van der Waals surface area (Å²) in [6.07, 6.45) is -8.84. The van der Waals surface area contributed by atoms with E-state index >= 15 is 0 Å². The van der Waals surface area contributed by atoms with Gasteiger partial charge in [-0.25, -0.2) is 4.79 Å². The molecule has 9 nitrogen and oxygen atoms in total. The summed E-state index contributed by atoms with van der Waals surface area (Å²) in [7, 11) is 0. The maximum atomic E-state index is 12.4. The van der Waals surface area contributed by atoms with E-state index in [0.29, 0.717) is 4.57 Å². The van der Waals surface area contributed by atoms with Crippen LogP contribution in [0.25, 0.3) is 0 Å². The summed E-state index contributed by atoms with van der Waals surface area (Å²) in [5, 5.41) is 20.5. The van der Waals surface area contributed by atoms with E-state index in [0.717, 1.165) is 12.3 Å². The van der Waals surface area contributed by atoms with E-state index in [4.69, 9.17) is 9.84 Å². The molecule has 2 unspecified atom stereocenters. The number of rotatable bonds is 3. The van der Waals surface area contributed by atoms with Gasteiger partial charge in [-0.3, -0.25) is 19.1 Å². The number of alkyl halides is 3. The lowest BCUT2D eigenvalue weighted by Gasteiger charge is -2.23. The van der Waals surface area contributed by atoms with Crippen LogP contribution in [0.3, 0.4) is 0 Å². The number of H-pyrrole nitrogens is 1. The number of aliphatic hydroxyl groups is 2. The zero-order chi connectivity index (χ0) is 17.4. The molecule has 0 bridgehead atoms. The van der Waals surface area contributed by atoms with Crippen LogP contribution in [0.1, 0.15) is 6.23 Å². The quantitative estimate of drug-likeness (QED) is 0.495. The molecule has 1 aliphatic rings. The van der Waals surface area contributed by atoms with Crippen molar-refractivity contribution in [1.29, 1.82) is 0 Å². The van der Waals surface area contributed by atoms with Crippen LogP contribution in [0, 0.1) is 0 Å². The second kappa shape index (κ2) is 6.14. The van der Waals surface area contributed by atoms with Crippen LogP contribution in [-0.4, -0.2) is 56.7 Å². The van der Waals surface area contributed by atoms with Crippen LogP contribution in [0.2, 0.25) is 0 Å². The Kier molecular flexibility index (Phi) is 4.58. The highest BCUT2D eigenvalue weighted by Gasteiger charge is 2.49. The molecule has 0 saturated carbocycles. The molecule has 0 radical (unpaired) electrons. The minimum atomic E-state index is -5.21. The van der Waals surface area contributed by atoms with Crippen molar-refractivity contribution in [1.82, 2.24) is 14.9 Å². The lowest BCUT2D eigenvalue weighted by atomic mass is 10.1. The molecule has 0 spiro atoms. The molecule has 12 heteroatoms. The van der Waals surface area contributed by atoms with Crippen molar-refractivity contribution in [3.05, 3.63) is 33.1 Å². The Labute approximate surface area is 125 Å². The van der Waals surface area contributed by atoms with Gasteiger partial charge in [0.05, 0.1) is 6.61 Å². The Morgan fingerprint density at radius 3 is 2.61 bits per heavy atom. The smallest absolute Gasteiger partial charge is 0.394 e. The molecule has 1 aliphatic heterocycles. The standard InChI is InChI=1S/C11H12F3N3O6/c12-11(13,14)9(21)16-6-7(20)4(3-18)23-8(6)17-2-1-5(19)15-10(17)22/h1-2,4,6-8,18,20H,3H2,(H,16,21)(H,15,19,22)/t4-,6?,7?,8-/m0/s1. The van der Waals surface area contributed by atoms with Crippen molar-refractivity contribution < 1.29 is 32.9 Å². The fourth-order valence-corrected chi connectivity index (χ4v) is 2.15. The fourth-order valence-electron chi connectivity index (χ4n) is 2.15. The number of carbonyl (C=O) groups excluding carboxylic acids is 1. The zero-order valence-corrected chi connectivity index (χ0v) is 11.3. The SMILES string of the molecule is O=C(NC1C(O)[C@H](CO)O[C@@H]1n1ccc(=O)[nH]c1=O)C(F)(F)F. The van der Waals surface area contributed by atoms with Gasteiger partial charge in [0.15, 0.2) is 6.23 Å². The third-order valence-electron chi connectivity index (χ3n) is 3.23. The van der Waals surface area contributed by atoms with E-state index in [9.17, 15) is 32.7 Å². The molecule has 4 atom stereocenters. The largest absolute Gasteiger partial charge is 0.471 e.